The van der Waals surface area contributed by atoms with Gasteiger partial charge in [0, 0.05) is 6.61 Å². The molecule has 1 aromatic rings. The van der Waals surface area contributed by atoms with Gasteiger partial charge in [0.25, 0.3) is 0 Å². The fourth-order valence-corrected chi connectivity index (χ4v) is 1.65. The lowest BCUT2D eigenvalue weighted by molar-refractivity contribution is -0.138. The Morgan fingerprint density at radius 3 is 2.70 bits per heavy atom. The van der Waals surface area contributed by atoms with E-state index in [9.17, 15) is 4.79 Å². The van der Waals surface area contributed by atoms with Gasteiger partial charge in [0.1, 0.15) is 12.6 Å². The molecule has 3 N–H and O–H groups in total. The summed E-state index contributed by atoms with van der Waals surface area (Å²) in [6.45, 7) is 3.50. The quantitative estimate of drug-likeness (QED) is 0.659. The van der Waals surface area contributed by atoms with E-state index in [1.54, 1.807) is 18.2 Å². The van der Waals surface area contributed by atoms with Crippen LogP contribution in [0, 0.1) is 0 Å². The second-order valence-electron chi connectivity index (χ2n) is 4.18. The van der Waals surface area contributed by atoms with Crippen LogP contribution in [-0.2, 0) is 16.0 Å². The van der Waals surface area contributed by atoms with Gasteiger partial charge in [-0.3, -0.25) is 4.79 Å². The maximum Gasteiger partial charge on any atom is 0.320 e. The average molecular weight is 283 g/mol. The van der Waals surface area contributed by atoms with E-state index in [-0.39, 0.29) is 6.42 Å². The summed E-state index contributed by atoms with van der Waals surface area (Å²) < 4.78 is 16.0. The minimum absolute atomic E-state index is 0.241. The van der Waals surface area contributed by atoms with Gasteiger partial charge in [-0.2, -0.15) is 0 Å². The molecule has 0 radical (unpaired) electrons. The molecule has 6 nitrogen and oxygen atoms in total. The van der Waals surface area contributed by atoms with Crippen molar-refractivity contribution in [2.45, 2.75) is 19.4 Å². The first-order valence-electron chi connectivity index (χ1n) is 6.44. The van der Waals surface area contributed by atoms with Crippen LogP contribution in [0.4, 0.5) is 0 Å². The van der Waals surface area contributed by atoms with Gasteiger partial charge >= 0.3 is 5.97 Å². The zero-order chi connectivity index (χ0) is 15.0. The van der Waals surface area contributed by atoms with Crippen molar-refractivity contribution in [1.29, 1.82) is 0 Å². The predicted molar refractivity (Wildman–Crippen MR) is 74.3 cm³/mol. The average Bonchev–Trinajstić information content (AvgIpc) is 2.44. The first-order chi connectivity index (χ1) is 9.58. The Hall–Kier alpha value is -1.79. The third kappa shape index (κ3) is 5.07. The van der Waals surface area contributed by atoms with Crippen molar-refractivity contribution in [3.8, 4) is 11.5 Å². The van der Waals surface area contributed by atoms with E-state index in [0.717, 1.165) is 5.56 Å². The number of carboxylic acid groups (broad SMARTS) is 1. The van der Waals surface area contributed by atoms with E-state index in [1.807, 2.05) is 6.92 Å². The summed E-state index contributed by atoms with van der Waals surface area (Å²) in [6.07, 6.45) is 0.241. The van der Waals surface area contributed by atoms with Crippen molar-refractivity contribution in [1.82, 2.24) is 0 Å². The largest absolute Gasteiger partial charge is 0.493 e. The van der Waals surface area contributed by atoms with E-state index in [2.05, 4.69) is 0 Å². The van der Waals surface area contributed by atoms with Crippen molar-refractivity contribution in [2.24, 2.45) is 5.73 Å². The van der Waals surface area contributed by atoms with Crippen molar-refractivity contribution in [3.05, 3.63) is 23.8 Å². The molecule has 0 spiro atoms. The number of carboxylic acids is 1. The van der Waals surface area contributed by atoms with Gasteiger partial charge in [-0.25, -0.2) is 0 Å². The highest BCUT2D eigenvalue weighted by molar-refractivity contribution is 5.73. The molecular formula is C14H21NO5. The minimum Gasteiger partial charge on any atom is -0.493 e. The van der Waals surface area contributed by atoms with E-state index in [4.69, 9.17) is 25.1 Å². The number of hydrogen-bond donors (Lipinski definition) is 2. The molecule has 112 valence electrons. The van der Waals surface area contributed by atoms with E-state index in [0.29, 0.717) is 31.3 Å². The van der Waals surface area contributed by atoms with Crippen LogP contribution in [0.3, 0.4) is 0 Å². The second-order valence-corrected chi connectivity index (χ2v) is 4.18. The highest BCUT2D eigenvalue weighted by Crippen LogP contribution is 2.28. The number of benzene rings is 1. The Labute approximate surface area is 118 Å². The topological polar surface area (TPSA) is 91.0 Å². The monoisotopic (exact) mass is 283 g/mol. The minimum atomic E-state index is -1.03. The molecule has 0 bridgehead atoms. The van der Waals surface area contributed by atoms with Gasteiger partial charge < -0.3 is 25.1 Å². The molecule has 1 aromatic carbocycles. The smallest absolute Gasteiger partial charge is 0.320 e. The molecule has 0 amide bonds. The van der Waals surface area contributed by atoms with Crippen LogP contribution in [0.1, 0.15) is 12.5 Å². The fraction of sp³-hybridized carbons (Fsp3) is 0.500. The van der Waals surface area contributed by atoms with Crippen LogP contribution in [0.15, 0.2) is 18.2 Å². The third-order valence-corrected chi connectivity index (χ3v) is 2.69. The molecule has 0 aromatic heterocycles. The molecule has 0 saturated heterocycles. The van der Waals surface area contributed by atoms with Crippen LogP contribution in [0.5, 0.6) is 11.5 Å². The zero-order valence-electron chi connectivity index (χ0n) is 11.8. The molecule has 0 aliphatic heterocycles. The number of carbonyl (C=O) groups is 1. The van der Waals surface area contributed by atoms with Crippen LogP contribution in [0.2, 0.25) is 0 Å². The van der Waals surface area contributed by atoms with Crippen molar-refractivity contribution < 1.29 is 24.1 Å². The summed E-state index contributed by atoms with van der Waals surface area (Å²) in [5.74, 6) is 0.123. The maximum atomic E-state index is 10.7. The molecule has 6 heteroatoms. The summed E-state index contributed by atoms with van der Waals surface area (Å²) in [6, 6.07) is 4.33. The lowest BCUT2D eigenvalue weighted by atomic mass is 10.1. The maximum absolute atomic E-state index is 10.7. The summed E-state index contributed by atoms with van der Waals surface area (Å²) in [5, 5.41) is 8.80. The second kappa shape index (κ2) is 8.39. The molecule has 0 aliphatic carbocycles. The van der Waals surface area contributed by atoms with E-state index in [1.165, 1.54) is 7.11 Å². The Balaban J connectivity index is 2.67. The zero-order valence-corrected chi connectivity index (χ0v) is 11.8. The standard InChI is InChI=1S/C14H21NO5/c1-3-19-6-7-20-12-5-4-10(9-13(12)18-2)8-11(15)14(16)17/h4-5,9,11H,3,6-8,15H2,1-2H3,(H,16,17). The van der Waals surface area contributed by atoms with Gasteiger partial charge in [-0.1, -0.05) is 6.07 Å². The first kappa shape index (κ1) is 16.3. The molecule has 1 unspecified atom stereocenters. The lowest BCUT2D eigenvalue weighted by Crippen LogP contribution is -2.32. The molecule has 0 heterocycles. The van der Waals surface area contributed by atoms with Gasteiger partial charge in [0.2, 0.25) is 0 Å². The van der Waals surface area contributed by atoms with Crippen molar-refractivity contribution in [3.63, 3.8) is 0 Å². The summed E-state index contributed by atoms with van der Waals surface area (Å²) in [5.41, 5.74) is 6.29. The number of aliphatic carboxylic acids is 1. The van der Waals surface area contributed by atoms with Crippen LogP contribution in [-0.4, -0.2) is 44.0 Å². The van der Waals surface area contributed by atoms with Crippen LogP contribution in [0.25, 0.3) is 0 Å². The molecule has 1 rings (SSSR count). The predicted octanol–water partition coefficient (Wildman–Crippen LogP) is 1.06. The molecule has 0 saturated carbocycles. The Morgan fingerprint density at radius 1 is 1.35 bits per heavy atom. The molecule has 1 atom stereocenters. The van der Waals surface area contributed by atoms with E-state index >= 15 is 0 Å². The fourth-order valence-electron chi connectivity index (χ4n) is 1.65. The number of rotatable bonds is 9. The number of methoxy groups -OCH3 is 1. The SMILES string of the molecule is CCOCCOc1ccc(CC(N)C(=O)O)cc1OC. The third-order valence-electron chi connectivity index (χ3n) is 2.69. The summed E-state index contributed by atoms with van der Waals surface area (Å²) in [4.78, 5) is 10.7. The van der Waals surface area contributed by atoms with Gasteiger partial charge in [-0.05, 0) is 31.0 Å². The molecule has 0 aliphatic rings. The Kier molecular flexibility index (Phi) is 6.83. The Bertz CT molecular complexity index is 436. The highest BCUT2D eigenvalue weighted by Gasteiger charge is 2.14. The Morgan fingerprint density at radius 2 is 2.10 bits per heavy atom. The van der Waals surface area contributed by atoms with Crippen molar-refractivity contribution in [2.75, 3.05) is 26.9 Å². The normalized spacial score (nSPS) is 11.9. The molecular weight excluding hydrogens is 262 g/mol. The lowest BCUT2D eigenvalue weighted by Gasteiger charge is -2.13. The first-order valence-corrected chi connectivity index (χ1v) is 6.44. The molecule has 0 fully saturated rings. The summed E-state index contributed by atoms with van der Waals surface area (Å²) in [7, 11) is 1.53. The van der Waals surface area contributed by atoms with Crippen LogP contribution < -0.4 is 15.2 Å². The number of hydrogen-bond acceptors (Lipinski definition) is 5. The van der Waals surface area contributed by atoms with Gasteiger partial charge in [-0.15, -0.1) is 0 Å². The van der Waals surface area contributed by atoms with Gasteiger partial charge in [0.05, 0.1) is 13.7 Å². The van der Waals surface area contributed by atoms with E-state index < -0.39 is 12.0 Å². The molecule has 20 heavy (non-hydrogen) atoms. The van der Waals surface area contributed by atoms with Gasteiger partial charge in [0.15, 0.2) is 11.5 Å². The van der Waals surface area contributed by atoms with Crippen molar-refractivity contribution >= 4 is 5.97 Å². The number of ether oxygens (including phenoxy) is 3. The number of nitrogens with two attached hydrogens (primary N) is 1. The summed E-state index contributed by atoms with van der Waals surface area (Å²) >= 11 is 0. The van der Waals surface area contributed by atoms with Crippen LogP contribution >= 0.6 is 0 Å². The highest BCUT2D eigenvalue weighted by atomic mass is 16.5.